The van der Waals surface area contributed by atoms with Crippen LogP contribution in [0.5, 0.6) is 0 Å². The largest absolute Gasteiger partial charge is 0.394 e. The summed E-state index contributed by atoms with van der Waals surface area (Å²) in [5.74, 6) is -1.30. The SMILES string of the molecule is CCOC1(C)OC2OC(CO)C(O)C(O)C2O1. The van der Waals surface area contributed by atoms with Crippen molar-refractivity contribution in [3.63, 3.8) is 0 Å². The lowest BCUT2D eigenvalue weighted by Gasteiger charge is -2.36. The molecule has 0 saturated carbocycles. The van der Waals surface area contributed by atoms with Crippen LogP contribution >= 0.6 is 0 Å². The van der Waals surface area contributed by atoms with Crippen LogP contribution in [0.4, 0.5) is 0 Å². The molecule has 100 valence electrons. The maximum atomic E-state index is 9.85. The maximum absolute atomic E-state index is 9.85. The van der Waals surface area contributed by atoms with E-state index in [0.29, 0.717) is 6.61 Å². The zero-order chi connectivity index (χ0) is 12.6. The summed E-state index contributed by atoms with van der Waals surface area (Å²) in [6.45, 7) is 3.31. The van der Waals surface area contributed by atoms with Crippen LogP contribution in [0.25, 0.3) is 0 Å². The topological polar surface area (TPSA) is 97.6 Å². The van der Waals surface area contributed by atoms with E-state index in [-0.39, 0.29) is 0 Å². The molecule has 2 heterocycles. The number of ether oxygens (including phenoxy) is 4. The minimum absolute atomic E-state index is 0.373. The Balaban J connectivity index is 2.09. The summed E-state index contributed by atoms with van der Waals surface area (Å²) >= 11 is 0. The lowest BCUT2D eigenvalue weighted by molar-refractivity contribution is -0.342. The van der Waals surface area contributed by atoms with Crippen LogP contribution in [-0.2, 0) is 18.9 Å². The second-order valence-electron chi connectivity index (χ2n) is 4.20. The van der Waals surface area contributed by atoms with Gasteiger partial charge in [-0.25, -0.2) is 0 Å². The lowest BCUT2D eigenvalue weighted by atomic mass is 9.99. The molecule has 0 aromatic rings. The van der Waals surface area contributed by atoms with Crippen molar-refractivity contribution >= 4 is 0 Å². The van der Waals surface area contributed by atoms with Crippen LogP contribution in [0.15, 0.2) is 0 Å². The van der Waals surface area contributed by atoms with Gasteiger partial charge in [-0.05, 0) is 6.92 Å². The van der Waals surface area contributed by atoms with E-state index < -0.39 is 43.3 Å². The highest BCUT2D eigenvalue weighted by atomic mass is 16.9. The Hall–Kier alpha value is -0.280. The Kier molecular flexibility index (Phi) is 3.69. The minimum atomic E-state index is -1.30. The van der Waals surface area contributed by atoms with Gasteiger partial charge >= 0.3 is 0 Å². The van der Waals surface area contributed by atoms with Gasteiger partial charge in [-0.15, -0.1) is 0 Å². The molecule has 0 radical (unpaired) electrons. The summed E-state index contributed by atoms with van der Waals surface area (Å²) < 4.78 is 21.4. The zero-order valence-electron chi connectivity index (χ0n) is 9.78. The second kappa shape index (κ2) is 4.77. The molecular weight excluding hydrogens is 232 g/mol. The molecule has 2 aliphatic heterocycles. The van der Waals surface area contributed by atoms with E-state index in [1.54, 1.807) is 13.8 Å². The van der Waals surface area contributed by atoms with E-state index in [1.165, 1.54) is 0 Å². The standard InChI is InChI=1S/C10H18O7/c1-3-14-10(2)16-8-7(13)6(12)5(4-11)15-9(8)17-10/h5-9,11-13H,3-4H2,1-2H3. The molecule has 2 saturated heterocycles. The highest BCUT2D eigenvalue weighted by Gasteiger charge is 2.55. The minimum Gasteiger partial charge on any atom is -0.394 e. The molecule has 0 bridgehead atoms. The van der Waals surface area contributed by atoms with Crippen LogP contribution in [-0.4, -0.2) is 65.2 Å². The average Bonchev–Trinajstić information content (AvgIpc) is 2.61. The molecule has 7 nitrogen and oxygen atoms in total. The first-order valence-corrected chi connectivity index (χ1v) is 5.63. The van der Waals surface area contributed by atoms with Gasteiger partial charge < -0.3 is 29.5 Å². The molecular formula is C10H18O7. The first-order valence-electron chi connectivity index (χ1n) is 5.63. The third-order valence-electron chi connectivity index (χ3n) is 2.91. The maximum Gasteiger partial charge on any atom is 0.282 e. The molecule has 0 aliphatic carbocycles. The monoisotopic (exact) mass is 250 g/mol. The molecule has 3 N–H and O–H groups in total. The predicted octanol–water partition coefficient (Wildman–Crippen LogP) is -1.45. The Morgan fingerprint density at radius 1 is 1.24 bits per heavy atom. The highest BCUT2D eigenvalue weighted by molar-refractivity contribution is 4.93. The fraction of sp³-hybridized carbons (Fsp3) is 1.00. The molecule has 2 rings (SSSR count). The summed E-state index contributed by atoms with van der Waals surface area (Å²) in [5.41, 5.74) is 0. The molecule has 7 heteroatoms. The average molecular weight is 250 g/mol. The van der Waals surface area contributed by atoms with Gasteiger partial charge in [-0.3, -0.25) is 4.74 Å². The molecule has 17 heavy (non-hydrogen) atoms. The van der Waals surface area contributed by atoms with E-state index >= 15 is 0 Å². The van der Waals surface area contributed by atoms with Crippen molar-refractivity contribution in [2.75, 3.05) is 13.2 Å². The molecule has 2 fully saturated rings. The van der Waals surface area contributed by atoms with Gasteiger partial charge in [0.2, 0.25) is 0 Å². The first-order chi connectivity index (χ1) is 8.00. The van der Waals surface area contributed by atoms with Gasteiger partial charge in [0.25, 0.3) is 5.97 Å². The molecule has 6 atom stereocenters. The molecule has 0 aromatic carbocycles. The summed E-state index contributed by atoms with van der Waals surface area (Å²) in [5, 5.41) is 28.5. The van der Waals surface area contributed by atoms with Crippen LogP contribution in [0.1, 0.15) is 13.8 Å². The predicted molar refractivity (Wildman–Crippen MR) is 53.7 cm³/mol. The van der Waals surface area contributed by atoms with Gasteiger partial charge in [-0.1, -0.05) is 0 Å². The lowest BCUT2D eigenvalue weighted by Crippen LogP contribution is -2.57. The van der Waals surface area contributed by atoms with Crippen molar-refractivity contribution in [3.8, 4) is 0 Å². The van der Waals surface area contributed by atoms with Crippen LogP contribution in [0.2, 0.25) is 0 Å². The Morgan fingerprint density at radius 2 is 1.94 bits per heavy atom. The van der Waals surface area contributed by atoms with Crippen molar-refractivity contribution in [2.24, 2.45) is 0 Å². The molecule has 0 amide bonds. The fourth-order valence-electron chi connectivity index (χ4n) is 2.09. The van der Waals surface area contributed by atoms with Crippen molar-refractivity contribution in [1.29, 1.82) is 0 Å². The Labute approximate surface area is 98.8 Å². The summed E-state index contributed by atoms with van der Waals surface area (Å²) in [6, 6.07) is 0. The first kappa shape index (κ1) is 13.2. The summed E-state index contributed by atoms with van der Waals surface area (Å²) in [6.07, 6.45) is -4.98. The van der Waals surface area contributed by atoms with Crippen molar-refractivity contribution in [2.45, 2.75) is 50.5 Å². The Morgan fingerprint density at radius 3 is 2.53 bits per heavy atom. The van der Waals surface area contributed by atoms with Gasteiger partial charge in [0.15, 0.2) is 6.29 Å². The summed E-state index contributed by atoms with van der Waals surface area (Å²) in [7, 11) is 0. The second-order valence-corrected chi connectivity index (χ2v) is 4.20. The van der Waals surface area contributed by atoms with E-state index in [4.69, 9.17) is 24.1 Å². The third-order valence-corrected chi connectivity index (χ3v) is 2.91. The number of rotatable bonds is 3. The van der Waals surface area contributed by atoms with E-state index in [1.807, 2.05) is 0 Å². The zero-order valence-corrected chi connectivity index (χ0v) is 9.78. The number of fused-ring (bicyclic) bond motifs is 1. The van der Waals surface area contributed by atoms with E-state index in [9.17, 15) is 10.2 Å². The van der Waals surface area contributed by atoms with Gasteiger partial charge in [0.05, 0.1) is 6.61 Å². The van der Waals surface area contributed by atoms with Crippen LogP contribution in [0, 0.1) is 0 Å². The van der Waals surface area contributed by atoms with Crippen LogP contribution in [0.3, 0.4) is 0 Å². The highest BCUT2D eigenvalue weighted by Crippen LogP contribution is 2.36. The van der Waals surface area contributed by atoms with Crippen molar-refractivity contribution < 1.29 is 34.3 Å². The molecule has 2 aliphatic rings. The van der Waals surface area contributed by atoms with Gasteiger partial charge in [-0.2, -0.15) is 0 Å². The normalized spacial score (nSPS) is 50.3. The number of hydrogen-bond acceptors (Lipinski definition) is 7. The van der Waals surface area contributed by atoms with E-state index in [0.717, 1.165) is 0 Å². The summed E-state index contributed by atoms with van der Waals surface area (Å²) in [4.78, 5) is 0. The van der Waals surface area contributed by atoms with Crippen molar-refractivity contribution in [3.05, 3.63) is 0 Å². The van der Waals surface area contributed by atoms with Gasteiger partial charge in [0.1, 0.15) is 24.4 Å². The van der Waals surface area contributed by atoms with Gasteiger partial charge in [0, 0.05) is 13.5 Å². The van der Waals surface area contributed by atoms with Crippen LogP contribution < -0.4 is 0 Å². The number of aliphatic hydroxyl groups excluding tert-OH is 3. The molecule has 0 spiro atoms. The smallest absolute Gasteiger partial charge is 0.282 e. The van der Waals surface area contributed by atoms with E-state index in [2.05, 4.69) is 0 Å². The van der Waals surface area contributed by atoms with Crippen molar-refractivity contribution in [1.82, 2.24) is 0 Å². The quantitative estimate of drug-likeness (QED) is 0.563. The molecule has 0 aromatic heterocycles. The third kappa shape index (κ3) is 2.32. The number of aliphatic hydroxyl groups is 3. The Bertz CT molecular complexity index is 273. The molecule has 6 unspecified atom stereocenters. The fourth-order valence-corrected chi connectivity index (χ4v) is 2.09. The number of hydrogen-bond donors (Lipinski definition) is 3.